The van der Waals surface area contributed by atoms with Gasteiger partial charge < -0.3 is 20.3 Å². The van der Waals surface area contributed by atoms with Crippen molar-refractivity contribution in [3.05, 3.63) is 47.8 Å². The summed E-state index contributed by atoms with van der Waals surface area (Å²) in [5.74, 6) is 1.70. The van der Waals surface area contributed by atoms with E-state index in [0.29, 0.717) is 6.04 Å². The summed E-state index contributed by atoms with van der Waals surface area (Å²) in [6.45, 7) is 3.81. The Morgan fingerprint density at radius 3 is 2.35 bits per heavy atom. The van der Waals surface area contributed by atoms with Crippen LogP contribution < -0.4 is 15.4 Å². The number of benzene rings is 1. The van der Waals surface area contributed by atoms with Gasteiger partial charge in [0.2, 0.25) is 0 Å². The second-order valence-electron chi connectivity index (χ2n) is 8.29. The van der Waals surface area contributed by atoms with Crippen LogP contribution in [-0.2, 0) is 7.05 Å². The molecule has 8 heteroatoms. The highest BCUT2D eigenvalue weighted by Gasteiger charge is 2.24. The predicted octanol–water partition coefficient (Wildman–Crippen LogP) is 2.03. The summed E-state index contributed by atoms with van der Waals surface area (Å²) in [7, 11) is 9.64. The lowest BCUT2D eigenvalue weighted by molar-refractivity contribution is 0.245. The monoisotopic (exact) mass is 427 g/mol. The molecule has 0 bridgehead atoms. The first-order valence-corrected chi connectivity index (χ1v) is 11.0. The fourth-order valence-electron chi connectivity index (χ4n) is 4.16. The van der Waals surface area contributed by atoms with Gasteiger partial charge in [0.25, 0.3) is 0 Å². The zero-order chi connectivity index (χ0) is 22.2. The molecule has 1 fully saturated rings. The zero-order valence-corrected chi connectivity index (χ0v) is 19.5. The lowest BCUT2D eigenvalue weighted by Gasteiger charge is -2.29. The van der Waals surface area contributed by atoms with Gasteiger partial charge in [0, 0.05) is 38.9 Å². The highest BCUT2D eigenvalue weighted by molar-refractivity contribution is 5.79. The minimum absolute atomic E-state index is 0.211. The number of ether oxygens (including phenoxy) is 1. The average Bonchev–Trinajstić information content (AvgIpc) is 3.45. The second kappa shape index (κ2) is 11.2. The molecular formula is C23H37N7O. The number of likely N-dealkylation sites (N-methyl/N-ethyl adjacent to an activating group) is 1. The first-order chi connectivity index (χ1) is 15.0. The van der Waals surface area contributed by atoms with Crippen LogP contribution in [0.3, 0.4) is 0 Å². The van der Waals surface area contributed by atoms with Crippen molar-refractivity contribution in [2.75, 3.05) is 54.4 Å². The van der Waals surface area contributed by atoms with E-state index >= 15 is 0 Å². The molecule has 3 rings (SSSR count). The van der Waals surface area contributed by atoms with Crippen LogP contribution in [-0.4, -0.2) is 80.0 Å². The van der Waals surface area contributed by atoms with Gasteiger partial charge in [0.1, 0.15) is 5.75 Å². The van der Waals surface area contributed by atoms with E-state index in [2.05, 4.69) is 62.9 Å². The summed E-state index contributed by atoms with van der Waals surface area (Å²) in [6.07, 6.45) is 6.51. The molecule has 1 aromatic heterocycles. The number of nitrogens with one attached hydrogen (secondary N) is 2. The van der Waals surface area contributed by atoms with Crippen LogP contribution >= 0.6 is 0 Å². The molecular weight excluding hydrogens is 390 g/mol. The van der Waals surface area contributed by atoms with Gasteiger partial charge in [-0.3, -0.25) is 14.6 Å². The molecule has 1 aliphatic heterocycles. The van der Waals surface area contributed by atoms with Crippen molar-refractivity contribution in [3.63, 3.8) is 0 Å². The summed E-state index contributed by atoms with van der Waals surface area (Å²) < 4.78 is 7.17. The van der Waals surface area contributed by atoms with Gasteiger partial charge >= 0.3 is 0 Å². The minimum Gasteiger partial charge on any atom is -0.497 e. The zero-order valence-electron chi connectivity index (χ0n) is 19.5. The van der Waals surface area contributed by atoms with Crippen molar-refractivity contribution in [3.8, 4) is 5.75 Å². The molecule has 2 aromatic rings. The third-order valence-corrected chi connectivity index (χ3v) is 5.96. The molecule has 0 aliphatic carbocycles. The van der Waals surface area contributed by atoms with E-state index in [1.54, 1.807) is 7.11 Å². The lowest BCUT2D eigenvalue weighted by Crippen LogP contribution is -2.45. The molecule has 2 heterocycles. The highest BCUT2D eigenvalue weighted by Crippen LogP contribution is 2.26. The van der Waals surface area contributed by atoms with Crippen LogP contribution in [0, 0.1) is 0 Å². The molecule has 2 N–H and O–H groups in total. The molecule has 2 atom stereocenters. The molecule has 170 valence electrons. The summed E-state index contributed by atoms with van der Waals surface area (Å²) in [5.41, 5.74) is 2.48. The Morgan fingerprint density at radius 1 is 1.13 bits per heavy atom. The van der Waals surface area contributed by atoms with Gasteiger partial charge in [-0.1, -0.05) is 12.1 Å². The van der Waals surface area contributed by atoms with Crippen molar-refractivity contribution in [1.82, 2.24) is 30.2 Å². The maximum Gasteiger partial charge on any atom is 0.191 e. The Balaban J connectivity index is 1.63. The van der Waals surface area contributed by atoms with Crippen molar-refractivity contribution < 1.29 is 4.74 Å². The summed E-state index contributed by atoms with van der Waals surface area (Å²) in [6, 6.07) is 8.94. The van der Waals surface area contributed by atoms with Crippen molar-refractivity contribution >= 4 is 5.96 Å². The number of aromatic nitrogens is 2. The van der Waals surface area contributed by atoms with Crippen molar-refractivity contribution in [2.45, 2.75) is 24.9 Å². The number of aryl methyl sites for hydroxylation is 1. The quantitative estimate of drug-likeness (QED) is 0.471. The maximum atomic E-state index is 5.33. The molecule has 0 saturated carbocycles. The van der Waals surface area contributed by atoms with E-state index in [4.69, 9.17) is 4.74 Å². The fraction of sp³-hybridized carbons (Fsp3) is 0.565. The number of likely N-dealkylation sites (tertiary alicyclic amines) is 1. The third-order valence-electron chi connectivity index (χ3n) is 5.96. The van der Waals surface area contributed by atoms with E-state index < -0.39 is 0 Å². The van der Waals surface area contributed by atoms with Gasteiger partial charge in [0.05, 0.1) is 25.4 Å². The molecule has 0 radical (unpaired) electrons. The lowest BCUT2D eigenvalue weighted by atomic mass is 10.1. The van der Waals surface area contributed by atoms with E-state index in [-0.39, 0.29) is 6.04 Å². The Bertz CT molecular complexity index is 825. The van der Waals surface area contributed by atoms with Gasteiger partial charge in [-0.25, -0.2) is 0 Å². The molecule has 0 amide bonds. The number of hydrogen-bond acceptors (Lipinski definition) is 5. The minimum atomic E-state index is 0.211. The molecule has 8 nitrogen and oxygen atoms in total. The van der Waals surface area contributed by atoms with Crippen LogP contribution in [0.5, 0.6) is 5.75 Å². The van der Waals surface area contributed by atoms with Crippen LogP contribution in [0.4, 0.5) is 0 Å². The van der Waals surface area contributed by atoms with Crippen LogP contribution in [0.15, 0.2) is 41.7 Å². The Morgan fingerprint density at radius 2 is 1.81 bits per heavy atom. The summed E-state index contributed by atoms with van der Waals surface area (Å²) in [4.78, 5) is 9.21. The topological polar surface area (TPSA) is 70.0 Å². The third kappa shape index (κ3) is 6.21. The van der Waals surface area contributed by atoms with Crippen molar-refractivity contribution in [2.24, 2.45) is 12.0 Å². The van der Waals surface area contributed by atoms with Gasteiger partial charge in [-0.2, -0.15) is 5.10 Å². The van der Waals surface area contributed by atoms with Crippen molar-refractivity contribution in [1.29, 1.82) is 0 Å². The maximum absolute atomic E-state index is 5.33. The summed E-state index contributed by atoms with van der Waals surface area (Å²) >= 11 is 0. The number of methoxy groups -OCH3 is 1. The number of guanidine groups is 1. The normalized spacial score (nSPS) is 17.0. The van der Waals surface area contributed by atoms with Gasteiger partial charge in [-0.05, 0) is 57.7 Å². The van der Waals surface area contributed by atoms with Crippen LogP contribution in [0.1, 0.15) is 36.1 Å². The molecule has 31 heavy (non-hydrogen) atoms. The fourth-order valence-corrected chi connectivity index (χ4v) is 4.16. The number of hydrogen-bond donors (Lipinski definition) is 2. The van der Waals surface area contributed by atoms with E-state index in [1.807, 2.05) is 37.1 Å². The highest BCUT2D eigenvalue weighted by atomic mass is 16.5. The van der Waals surface area contributed by atoms with E-state index in [1.165, 1.54) is 24.0 Å². The second-order valence-corrected chi connectivity index (χ2v) is 8.29. The molecule has 0 spiro atoms. The smallest absolute Gasteiger partial charge is 0.191 e. The van der Waals surface area contributed by atoms with Crippen LogP contribution in [0.25, 0.3) is 0 Å². The average molecular weight is 428 g/mol. The predicted molar refractivity (Wildman–Crippen MR) is 126 cm³/mol. The van der Waals surface area contributed by atoms with Crippen LogP contribution in [0.2, 0.25) is 0 Å². The number of nitrogens with zero attached hydrogens (tertiary/aromatic N) is 5. The van der Waals surface area contributed by atoms with E-state index in [9.17, 15) is 0 Å². The Labute approximate surface area is 186 Å². The summed E-state index contributed by atoms with van der Waals surface area (Å²) in [5, 5.41) is 11.4. The largest absolute Gasteiger partial charge is 0.497 e. The van der Waals surface area contributed by atoms with Gasteiger partial charge in [0.15, 0.2) is 5.96 Å². The number of rotatable bonds is 9. The van der Waals surface area contributed by atoms with E-state index in [0.717, 1.165) is 37.9 Å². The SMILES string of the molecule is CN=C(NCC(c1cnn(C)c1)N(C)C)NCC(c1ccc(OC)cc1)N1CCCC1. The number of aliphatic imine (C=N–C) groups is 1. The first kappa shape index (κ1) is 23.1. The molecule has 1 aromatic carbocycles. The van der Waals surface area contributed by atoms with Gasteiger partial charge in [-0.15, -0.1) is 0 Å². The first-order valence-electron chi connectivity index (χ1n) is 11.0. The molecule has 1 aliphatic rings. The standard InChI is InChI=1S/C23H37N7O/c1-24-23(25-15-21(28(2)3)19-14-27-29(4)17-19)26-16-22(30-12-6-7-13-30)18-8-10-20(31-5)11-9-18/h8-11,14,17,21-22H,6-7,12-13,15-16H2,1-5H3,(H2,24,25,26). The molecule has 1 saturated heterocycles. The Hall–Kier alpha value is -2.58. The molecule has 2 unspecified atom stereocenters. The Kier molecular flexibility index (Phi) is 8.31.